The largest absolute Gasteiger partial charge is 0.369 e. The molecule has 20 heavy (non-hydrogen) atoms. The van der Waals surface area contributed by atoms with Crippen LogP contribution in [0.4, 0.5) is 5.69 Å². The van der Waals surface area contributed by atoms with E-state index in [1.807, 2.05) is 12.1 Å². The summed E-state index contributed by atoms with van der Waals surface area (Å²) in [4.78, 5) is 12.2. The first kappa shape index (κ1) is 14.9. The smallest absolute Gasteiger partial charge is 0.235 e. The van der Waals surface area contributed by atoms with E-state index in [-0.39, 0.29) is 5.54 Å². The maximum absolute atomic E-state index is 10.4. The number of benzene rings is 1. The van der Waals surface area contributed by atoms with Gasteiger partial charge in [0.05, 0.1) is 9.95 Å². The number of rotatable bonds is 2. The van der Waals surface area contributed by atoms with Crippen molar-refractivity contribution in [3.63, 3.8) is 0 Å². The van der Waals surface area contributed by atoms with Gasteiger partial charge in [0.1, 0.15) is 0 Å². The predicted molar refractivity (Wildman–Crippen MR) is 83.0 cm³/mol. The Morgan fingerprint density at radius 1 is 1.50 bits per heavy atom. The lowest BCUT2D eigenvalue weighted by Crippen LogP contribution is -2.45. The normalized spacial score (nSPS) is 21.1. The minimum atomic E-state index is -0.478. The fraction of sp³-hybridized carbons (Fsp3) is 0.467. The summed E-state index contributed by atoms with van der Waals surface area (Å²) < 4.78 is 0. The van der Waals surface area contributed by atoms with E-state index in [2.05, 4.69) is 32.7 Å². The highest BCUT2D eigenvalue weighted by Gasteiger charge is 2.34. The van der Waals surface area contributed by atoms with Gasteiger partial charge in [0.25, 0.3) is 0 Å². The first-order valence-corrected chi connectivity index (χ1v) is 6.99. The van der Waals surface area contributed by atoms with Gasteiger partial charge >= 0.3 is 0 Å². The SMILES string of the molecule is C[C@@H]1CC(C)(C)N(C)c2cc(Cl)c(/C=C\[N+](=O)[O-])cc21. The van der Waals surface area contributed by atoms with Crippen molar-refractivity contribution in [3.8, 4) is 0 Å². The van der Waals surface area contributed by atoms with Crippen LogP contribution in [0.25, 0.3) is 6.08 Å². The van der Waals surface area contributed by atoms with Gasteiger partial charge < -0.3 is 4.90 Å². The molecule has 0 amide bonds. The molecule has 1 atom stereocenters. The summed E-state index contributed by atoms with van der Waals surface area (Å²) in [6.45, 7) is 6.60. The molecule has 1 aliphatic heterocycles. The molecule has 0 saturated heterocycles. The van der Waals surface area contributed by atoms with Crippen molar-refractivity contribution < 1.29 is 4.92 Å². The molecule has 0 bridgehead atoms. The van der Waals surface area contributed by atoms with E-state index in [9.17, 15) is 10.1 Å². The monoisotopic (exact) mass is 294 g/mol. The second kappa shape index (κ2) is 5.09. The van der Waals surface area contributed by atoms with E-state index in [0.29, 0.717) is 16.5 Å². The fourth-order valence-corrected chi connectivity index (χ4v) is 3.09. The first-order valence-electron chi connectivity index (χ1n) is 6.61. The number of anilines is 1. The van der Waals surface area contributed by atoms with Crippen LogP contribution in [-0.2, 0) is 0 Å². The Balaban J connectivity index is 2.51. The average molecular weight is 295 g/mol. The molecule has 108 valence electrons. The molecule has 0 spiro atoms. The molecule has 5 heteroatoms. The molecule has 1 aromatic carbocycles. The summed E-state index contributed by atoms with van der Waals surface area (Å²) in [6.07, 6.45) is 3.42. The number of nitro groups is 1. The molecule has 1 aromatic rings. The molecular formula is C15H19ClN2O2. The topological polar surface area (TPSA) is 46.4 Å². The molecule has 0 saturated carbocycles. The molecule has 1 heterocycles. The van der Waals surface area contributed by atoms with Crippen molar-refractivity contribution in [2.24, 2.45) is 0 Å². The van der Waals surface area contributed by atoms with Gasteiger partial charge in [-0.05, 0) is 49.4 Å². The third kappa shape index (κ3) is 2.66. The quantitative estimate of drug-likeness (QED) is 0.603. The van der Waals surface area contributed by atoms with Gasteiger partial charge in [0.15, 0.2) is 0 Å². The van der Waals surface area contributed by atoms with Gasteiger partial charge in [-0.2, -0.15) is 0 Å². The molecular weight excluding hydrogens is 276 g/mol. The number of hydrogen-bond donors (Lipinski definition) is 0. The molecule has 0 unspecified atom stereocenters. The highest BCUT2D eigenvalue weighted by Crippen LogP contribution is 2.44. The number of halogens is 1. The average Bonchev–Trinajstić information content (AvgIpc) is 2.33. The van der Waals surface area contributed by atoms with Crippen LogP contribution >= 0.6 is 11.6 Å². The summed E-state index contributed by atoms with van der Waals surface area (Å²) in [5, 5.41) is 11.0. The third-order valence-electron chi connectivity index (χ3n) is 4.13. The molecule has 4 nitrogen and oxygen atoms in total. The van der Waals surface area contributed by atoms with Crippen molar-refractivity contribution in [1.29, 1.82) is 0 Å². The van der Waals surface area contributed by atoms with Crippen LogP contribution in [-0.4, -0.2) is 17.5 Å². The van der Waals surface area contributed by atoms with Crippen LogP contribution < -0.4 is 4.90 Å². The van der Waals surface area contributed by atoms with Crippen LogP contribution in [0, 0.1) is 10.1 Å². The summed E-state index contributed by atoms with van der Waals surface area (Å²) in [5.41, 5.74) is 3.08. The maximum Gasteiger partial charge on any atom is 0.235 e. The molecule has 1 aliphatic rings. The van der Waals surface area contributed by atoms with Gasteiger partial charge in [-0.15, -0.1) is 0 Å². The second-order valence-electron chi connectivity index (χ2n) is 6.01. The number of hydrogen-bond acceptors (Lipinski definition) is 3. The zero-order chi connectivity index (χ0) is 15.1. The zero-order valence-corrected chi connectivity index (χ0v) is 12.9. The van der Waals surface area contributed by atoms with E-state index >= 15 is 0 Å². The fourth-order valence-electron chi connectivity index (χ4n) is 2.87. The highest BCUT2D eigenvalue weighted by atomic mass is 35.5. The minimum Gasteiger partial charge on any atom is -0.369 e. The standard InChI is InChI=1S/C15H19ClN2O2/c1-10-9-15(2,3)17(4)14-8-13(16)11(7-12(10)14)5-6-18(19)20/h5-8,10H,9H2,1-4H3/b6-5-/t10-/m1/s1. The van der Waals surface area contributed by atoms with Gasteiger partial charge in [-0.1, -0.05) is 18.5 Å². The van der Waals surface area contributed by atoms with Crippen molar-refractivity contribution >= 4 is 23.4 Å². The van der Waals surface area contributed by atoms with Crippen molar-refractivity contribution in [3.05, 3.63) is 44.6 Å². The summed E-state index contributed by atoms with van der Waals surface area (Å²) in [5.74, 6) is 0.399. The highest BCUT2D eigenvalue weighted by molar-refractivity contribution is 6.32. The zero-order valence-electron chi connectivity index (χ0n) is 12.2. The second-order valence-corrected chi connectivity index (χ2v) is 6.42. The van der Waals surface area contributed by atoms with Crippen molar-refractivity contribution in [2.75, 3.05) is 11.9 Å². The van der Waals surface area contributed by atoms with Crippen molar-refractivity contribution in [1.82, 2.24) is 0 Å². The van der Waals surface area contributed by atoms with Crippen LogP contribution in [0.2, 0.25) is 5.02 Å². The van der Waals surface area contributed by atoms with Crippen LogP contribution in [0.1, 0.15) is 44.2 Å². The van der Waals surface area contributed by atoms with Crippen molar-refractivity contribution in [2.45, 2.75) is 38.6 Å². The van der Waals surface area contributed by atoms with E-state index in [1.54, 1.807) is 0 Å². The molecule has 0 aromatic heterocycles. The molecule has 0 fully saturated rings. The predicted octanol–water partition coefficient (Wildman–Crippen LogP) is 4.31. The van der Waals surface area contributed by atoms with Gasteiger partial charge in [-0.25, -0.2) is 0 Å². The Kier molecular flexibility index (Phi) is 3.78. The minimum absolute atomic E-state index is 0.0773. The van der Waals surface area contributed by atoms with Crippen LogP contribution in [0.3, 0.4) is 0 Å². The lowest BCUT2D eigenvalue weighted by atomic mass is 9.80. The van der Waals surface area contributed by atoms with E-state index < -0.39 is 4.92 Å². The Morgan fingerprint density at radius 3 is 2.75 bits per heavy atom. The molecule has 0 N–H and O–H groups in total. The van der Waals surface area contributed by atoms with E-state index in [1.165, 1.54) is 11.6 Å². The van der Waals surface area contributed by atoms with Crippen LogP contribution in [0.5, 0.6) is 0 Å². The Bertz CT molecular complexity index is 581. The maximum atomic E-state index is 10.4. The lowest BCUT2D eigenvalue weighted by molar-refractivity contribution is -0.400. The number of nitrogens with zero attached hydrogens (tertiary/aromatic N) is 2. The van der Waals surface area contributed by atoms with E-state index in [4.69, 9.17) is 11.6 Å². The summed E-state index contributed by atoms with van der Waals surface area (Å²) in [6, 6.07) is 3.88. The summed E-state index contributed by atoms with van der Waals surface area (Å²) >= 11 is 6.25. The first-order chi connectivity index (χ1) is 9.22. The lowest BCUT2D eigenvalue weighted by Gasteiger charge is -2.45. The Labute approximate surface area is 124 Å². The molecule has 0 aliphatic carbocycles. The molecule has 2 rings (SSSR count). The van der Waals surface area contributed by atoms with Gasteiger partial charge in [0.2, 0.25) is 6.20 Å². The Morgan fingerprint density at radius 2 is 2.15 bits per heavy atom. The van der Waals surface area contributed by atoms with E-state index in [0.717, 1.165) is 18.3 Å². The Hall–Kier alpha value is -1.55. The third-order valence-corrected chi connectivity index (χ3v) is 4.46. The molecule has 0 radical (unpaired) electrons. The van der Waals surface area contributed by atoms with Crippen LogP contribution in [0.15, 0.2) is 18.3 Å². The number of fused-ring (bicyclic) bond motifs is 1. The summed E-state index contributed by atoms with van der Waals surface area (Å²) in [7, 11) is 2.06. The van der Waals surface area contributed by atoms with Gasteiger partial charge in [-0.3, -0.25) is 10.1 Å². The van der Waals surface area contributed by atoms with Gasteiger partial charge in [0, 0.05) is 24.4 Å².